The molecule has 0 aliphatic carbocycles. The highest BCUT2D eigenvalue weighted by Gasteiger charge is 2.15. The van der Waals surface area contributed by atoms with E-state index in [1.807, 2.05) is 49.3 Å². The summed E-state index contributed by atoms with van der Waals surface area (Å²) in [6, 6.07) is 14.8. The minimum atomic E-state index is -0.508. The van der Waals surface area contributed by atoms with Crippen LogP contribution in [0.1, 0.15) is 15.9 Å². The number of nitrogens with zero attached hydrogens (tertiary/aromatic N) is 2. The molecule has 0 aliphatic heterocycles. The lowest BCUT2D eigenvalue weighted by atomic mass is 10.2. The van der Waals surface area contributed by atoms with Gasteiger partial charge in [0.05, 0.1) is 5.56 Å². The van der Waals surface area contributed by atoms with Gasteiger partial charge in [-0.15, -0.1) is 0 Å². The van der Waals surface area contributed by atoms with Gasteiger partial charge in [0.15, 0.2) is 6.61 Å². The molecule has 132 valence electrons. The normalized spacial score (nSPS) is 10.2. The summed E-state index contributed by atoms with van der Waals surface area (Å²) in [5.41, 5.74) is 2.31. The number of carbonyl (C=O) groups is 2. The summed E-state index contributed by atoms with van der Waals surface area (Å²) in [6.45, 7) is 0.153. The number of halogens is 1. The van der Waals surface area contributed by atoms with Gasteiger partial charge in [-0.2, -0.15) is 0 Å². The standard InChI is InChI=1S/C19H21BrN2O3/c1-21(2)16-9-6-8-14(11-16)19(24)25-13-18(23)22(3)12-15-7-4-5-10-17(15)20/h4-11H,12-13H2,1-3H3. The van der Waals surface area contributed by atoms with Gasteiger partial charge in [0.25, 0.3) is 5.91 Å². The molecular formula is C19H21BrN2O3. The molecule has 0 heterocycles. The van der Waals surface area contributed by atoms with Crippen molar-refractivity contribution >= 4 is 33.5 Å². The molecule has 2 aromatic rings. The predicted molar refractivity (Wildman–Crippen MR) is 102 cm³/mol. The molecule has 0 aromatic heterocycles. The Labute approximate surface area is 156 Å². The summed E-state index contributed by atoms with van der Waals surface area (Å²) in [7, 11) is 5.47. The van der Waals surface area contributed by atoms with Gasteiger partial charge < -0.3 is 14.5 Å². The van der Waals surface area contributed by atoms with Crippen LogP contribution < -0.4 is 4.90 Å². The fourth-order valence-corrected chi connectivity index (χ4v) is 2.61. The van der Waals surface area contributed by atoms with E-state index in [-0.39, 0.29) is 12.5 Å². The third kappa shape index (κ3) is 5.32. The first-order chi connectivity index (χ1) is 11.9. The van der Waals surface area contributed by atoms with Crippen molar-refractivity contribution in [1.82, 2.24) is 4.90 Å². The molecule has 1 amide bonds. The van der Waals surface area contributed by atoms with Crippen LogP contribution in [0, 0.1) is 0 Å². The van der Waals surface area contributed by atoms with E-state index < -0.39 is 5.97 Å². The number of benzene rings is 2. The molecule has 0 fully saturated rings. The molecular weight excluding hydrogens is 384 g/mol. The maximum atomic E-state index is 12.2. The summed E-state index contributed by atoms with van der Waals surface area (Å²) in [5, 5.41) is 0. The number of amides is 1. The first-order valence-corrected chi connectivity index (χ1v) is 8.59. The molecule has 0 spiro atoms. The van der Waals surface area contributed by atoms with E-state index in [0.717, 1.165) is 15.7 Å². The lowest BCUT2D eigenvalue weighted by Gasteiger charge is -2.18. The molecule has 0 N–H and O–H groups in total. The average Bonchev–Trinajstić information content (AvgIpc) is 2.61. The SMILES string of the molecule is CN(Cc1ccccc1Br)C(=O)COC(=O)c1cccc(N(C)C)c1. The Hall–Kier alpha value is -2.34. The Morgan fingerprint density at radius 3 is 2.44 bits per heavy atom. The Balaban J connectivity index is 1.91. The molecule has 0 saturated carbocycles. The Kier molecular flexibility index (Phi) is 6.58. The maximum absolute atomic E-state index is 12.2. The fraction of sp³-hybridized carbons (Fsp3) is 0.263. The first kappa shape index (κ1) is 19.0. The van der Waals surface area contributed by atoms with Gasteiger partial charge in [0.1, 0.15) is 0 Å². The second-order valence-electron chi connectivity index (χ2n) is 5.86. The van der Waals surface area contributed by atoms with Crippen LogP contribution in [0.3, 0.4) is 0 Å². The van der Waals surface area contributed by atoms with Crippen LogP contribution in [0.5, 0.6) is 0 Å². The van der Waals surface area contributed by atoms with Gasteiger partial charge in [-0.1, -0.05) is 40.2 Å². The van der Waals surface area contributed by atoms with Gasteiger partial charge >= 0.3 is 5.97 Å². The number of carbonyl (C=O) groups excluding carboxylic acids is 2. The van der Waals surface area contributed by atoms with Crippen LogP contribution in [0.2, 0.25) is 0 Å². The Morgan fingerprint density at radius 1 is 1.04 bits per heavy atom. The monoisotopic (exact) mass is 404 g/mol. The number of esters is 1. The maximum Gasteiger partial charge on any atom is 0.338 e. The van der Waals surface area contributed by atoms with E-state index >= 15 is 0 Å². The zero-order valence-corrected chi connectivity index (χ0v) is 16.1. The van der Waals surface area contributed by atoms with E-state index in [2.05, 4.69) is 15.9 Å². The zero-order chi connectivity index (χ0) is 18.4. The second kappa shape index (κ2) is 8.67. The number of anilines is 1. The van der Waals surface area contributed by atoms with Gasteiger partial charge in [0.2, 0.25) is 0 Å². The number of hydrogen-bond donors (Lipinski definition) is 0. The number of hydrogen-bond acceptors (Lipinski definition) is 4. The van der Waals surface area contributed by atoms with Gasteiger partial charge in [-0.05, 0) is 29.8 Å². The molecule has 2 aromatic carbocycles. The van der Waals surface area contributed by atoms with Crippen LogP contribution in [-0.2, 0) is 16.1 Å². The van der Waals surface area contributed by atoms with Gasteiger partial charge in [0, 0.05) is 37.8 Å². The molecule has 0 unspecified atom stereocenters. The van der Waals surface area contributed by atoms with Crippen molar-refractivity contribution in [3.63, 3.8) is 0 Å². The van der Waals surface area contributed by atoms with E-state index in [1.54, 1.807) is 25.2 Å². The summed E-state index contributed by atoms with van der Waals surface area (Å²) in [5.74, 6) is -0.765. The van der Waals surface area contributed by atoms with E-state index in [1.165, 1.54) is 4.90 Å². The van der Waals surface area contributed by atoms with Crippen molar-refractivity contribution < 1.29 is 14.3 Å². The van der Waals surface area contributed by atoms with Crippen LogP contribution in [0.25, 0.3) is 0 Å². The molecule has 0 aliphatic rings. The third-order valence-corrected chi connectivity index (χ3v) is 4.49. The van der Waals surface area contributed by atoms with Crippen molar-refractivity contribution in [2.45, 2.75) is 6.54 Å². The van der Waals surface area contributed by atoms with Gasteiger partial charge in [-0.25, -0.2) is 4.79 Å². The van der Waals surface area contributed by atoms with Crippen molar-refractivity contribution in [2.75, 3.05) is 32.6 Å². The number of likely N-dealkylation sites (N-methyl/N-ethyl adjacent to an activating group) is 1. The fourth-order valence-electron chi connectivity index (χ4n) is 2.20. The Morgan fingerprint density at radius 2 is 1.76 bits per heavy atom. The largest absolute Gasteiger partial charge is 0.452 e. The first-order valence-electron chi connectivity index (χ1n) is 7.80. The molecule has 0 bridgehead atoms. The molecule has 0 radical (unpaired) electrons. The molecule has 0 atom stereocenters. The third-order valence-electron chi connectivity index (χ3n) is 3.72. The van der Waals surface area contributed by atoms with Crippen LogP contribution in [0.4, 0.5) is 5.69 Å². The predicted octanol–water partition coefficient (Wildman–Crippen LogP) is 3.33. The molecule has 25 heavy (non-hydrogen) atoms. The van der Waals surface area contributed by atoms with Gasteiger partial charge in [-0.3, -0.25) is 4.79 Å². The average molecular weight is 405 g/mol. The van der Waals surface area contributed by atoms with Crippen molar-refractivity contribution in [3.05, 3.63) is 64.1 Å². The Bertz CT molecular complexity index is 762. The van der Waals surface area contributed by atoms with Crippen molar-refractivity contribution in [3.8, 4) is 0 Å². The summed E-state index contributed by atoms with van der Waals surface area (Å²) >= 11 is 3.46. The summed E-state index contributed by atoms with van der Waals surface area (Å²) < 4.78 is 6.09. The zero-order valence-electron chi connectivity index (χ0n) is 14.5. The highest BCUT2D eigenvalue weighted by molar-refractivity contribution is 9.10. The van der Waals surface area contributed by atoms with Crippen molar-refractivity contribution in [1.29, 1.82) is 0 Å². The minimum absolute atomic E-state index is 0.257. The van der Waals surface area contributed by atoms with E-state index in [9.17, 15) is 9.59 Å². The lowest BCUT2D eigenvalue weighted by molar-refractivity contribution is -0.133. The van der Waals surface area contributed by atoms with Crippen LogP contribution in [0.15, 0.2) is 53.0 Å². The molecule has 0 saturated heterocycles. The lowest BCUT2D eigenvalue weighted by Crippen LogP contribution is -2.31. The molecule has 5 nitrogen and oxygen atoms in total. The van der Waals surface area contributed by atoms with E-state index in [0.29, 0.717) is 12.1 Å². The molecule has 6 heteroatoms. The minimum Gasteiger partial charge on any atom is -0.452 e. The highest BCUT2D eigenvalue weighted by Crippen LogP contribution is 2.17. The van der Waals surface area contributed by atoms with Crippen LogP contribution in [-0.4, -0.2) is 44.5 Å². The van der Waals surface area contributed by atoms with Crippen LogP contribution >= 0.6 is 15.9 Å². The number of ether oxygens (including phenoxy) is 1. The highest BCUT2D eigenvalue weighted by atomic mass is 79.9. The van der Waals surface area contributed by atoms with E-state index in [4.69, 9.17) is 4.74 Å². The quantitative estimate of drug-likeness (QED) is 0.692. The smallest absolute Gasteiger partial charge is 0.338 e. The topological polar surface area (TPSA) is 49.9 Å². The summed E-state index contributed by atoms with van der Waals surface area (Å²) in [6.07, 6.45) is 0. The number of rotatable bonds is 6. The van der Waals surface area contributed by atoms with Crippen molar-refractivity contribution in [2.24, 2.45) is 0 Å². The molecule has 2 rings (SSSR count). The summed E-state index contributed by atoms with van der Waals surface area (Å²) in [4.78, 5) is 27.8. The second-order valence-corrected chi connectivity index (χ2v) is 6.72.